The van der Waals surface area contributed by atoms with Crippen LogP contribution in [0.2, 0.25) is 0 Å². The zero-order chi connectivity index (χ0) is 14.4. The number of nitrogens with zero attached hydrogens (tertiary/aromatic N) is 2. The molecule has 1 aromatic rings. The third-order valence-electron chi connectivity index (χ3n) is 3.67. The Bertz CT molecular complexity index is 457. The Hall–Kier alpha value is -1.85. The molecule has 0 saturated heterocycles. The van der Waals surface area contributed by atoms with Gasteiger partial charge in [-0.15, -0.1) is 0 Å². The molecule has 6 heteroatoms. The SMILES string of the molecule is CCOc1cc(NC2(C(=O)O)CCCCCC2)ncn1. The molecule has 0 amide bonds. The number of aliphatic carboxylic acids is 1. The van der Waals surface area contributed by atoms with Crippen LogP contribution >= 0.6 is 0 Å². The highest BCUT2D eigenvalue weighted by molar-refractivity contribution is 5.82. The molecule has 6 nitrogen and oxygen atoms in total. The van der Waals surface area contributed by atoms with E-state index < -0.39 is 11.5 Å². The second-order valence-corrected chi connectivity index (χ2v) is 5.10. The Morgan fingerprint density at radius 2 is 2.05 bits per heavy atom. The number of nitrogens with one attached hydrogen (secondary N) is 1. The summed E-state index contributed by atoms with van der Waals surface area (Å²) >= 11 is 0. The minimum Gasteiger partial charge on any atom is -0.480 e. The number of carboxylic acid groups (broad SMARTS) is 1. The highest BCUT2D eigenvalue weighted by Crippen LogP contribution is 2.31. The van der Waals surface area contributed by atoms with Crippen molar-refractivity contribution in [3.63, 3.8) is 0 Å². The number of rotatable bonds is 5. The molecule has 0 bridgehead atoms. The molecule has 0 aromatic carbocycles. The van der Waals surface area contributed by atoms with Crippen LogP contribution in [0.1, 0.15) is 45.4 Å². The molecular formula is C14H21N3O3. The maximum Gasteiger partial charge on any atom is 0.329 e. The monoisotopic (exact) mass is 279 g/mol. The fourth-order valence-electron chi connectivity index (χ4n) is 2.60. The standard InChI is InChI=1S/C14H21N3O3/c1-2-20-12-9-11(15-10-16-12)17-14(13(18)19)7-5-3-4-6-8-14/h9-10H,2-8H2,1H3,(H,18,19)(H,15,16,17). The van der Waals surface area contributed by atoms with Crippen molar-refractivity contribution in [2.45, 2.75) is 51.0 Å². The lowest BCUT2D eigenvalue weighted by Crippen LogP contribution is -2.46. The molecule has 2 N–H and O–H groups in total. The van der Waals surface area contributed by atoms with Crippen LogP contribution in [0.4, 0.5) is 5.82 Å². The normalized spacial score (nSPS) is 18.1. The quantitative estimate of drug-likeness (QED) is 0.805. The lowest BCUT2D eigenvalue weighted by molar-refractivity contribution is -0.142. The summed E-state index contributed by atoms with van der Waals surface area (Å²) in [7, 11) is 0. The Balaban J connectivity index is 2.19. The Labute approximate surface area is 118 Å². The number of carbonyl (C=O) groups is 1. The number of carboxylic acids is 1. The second kappa shape index (κ2) is 6.54. The first-order valence-electron chi connectivity index (χ1n) is 7.13. The smallest absolute Gasteiger partial charge is 0.329 e. The van der Waals surface area contributed by atoms with E-state index in [4.69, 9.17) is 4.74 Å². The van der Waals surface area contributed by atoms with Crippen LogP contribution in [-0.2, 0) is 4.79 Å². The molecular weight excluding hydrogens is 258 g/mol. The molecule has 0 spiro atoms. The molecule has 1 aliphatic rings. The van der Waals surface area contributed by atoms with Gasteiger partial charge in [-0.3, -0.25) is 0 Å². The molecule has 110 valence electrons. The number of hydrogen-bond acceptors (Lipinski definition) is 5. The molecule has 1 aliphatic carbocycles. The van der Waals surface area contributed by atoms with Gasteiger partial charge in [0, 0.05) is 6.07 Å². The summed E-state index contributed by atoms with van der Waals surface area (Å²) in [6, 6.07) is 1.65. The van der Waals surface area contributed by atoms with Crippen molar-refractivity contribution in [1.29, 1.82) is 0 Å². The van der Waals surface area contributed by atoms with Gasteiger partial charge in [0.2, 0.25) is 5.88 Å². The van der Waals surface area contributed by atoms with Crippen molar-refractivity contribution in [3.8, 4) is 5.88 Å². The summed E-state index contributed by atoms with van der Waals surface area (Å²) < 4.78 is 5.32. The van der Waals surface area contributed by atoms with Crippen molar-refractivity contribution in [2.24, 2.45) is 0 Å². The topological polar surface area (TPSA) is 84.3 Å². The van der Waals surface area contributed by atoms with Gasteiger partial charge in [-0.2, -0.15) is 0 Å². The predicted molar refractivity (Wildman–Crippen MR) is 74.9 cm³/mol. The van der Waals surface area contributed by atoms with Gasteiger partial charge in [0.25, 0.3) is 0 Å². The third-order valence-corrected chi connectivity index (χ3v) is 3.67. The van der Waals surface area contributed by atoms with E-state index >= 15 is 0 Å². The average molecular weight is 279 g/mol. The summed E-state index contributed by atoms with van der Waals surface area (Å²) in [4.78, 5) is 19.8. The van der Waals surface area contributed by atoms with Crippen LogP contribution in [0.25, 0.3) is 0 Å². The maximum absolute atomic E-state index is 11.7. The number of anilines is 1. The van der Waals surface area contributed by atoms with E-state index in [2.05, 4.69) is 15.3 Å². The summed E-state index contributed by atoms with van der Waals surface area (Å²) in [6.45, 7) is 2.39. The van der Waals surface area contributed by atoms with E-state index in [1.807, 2.05) is 6.92 Å². The first-order valence-corrected chi connectivity index (χ1v) is 7.13. The molecule has 20 heavy (non-hydrogen) atoms. The molecule has 2 rings (SSSR count). The molecule has 1 aromatic heterocycles. The summed E-state index contributed by atoms with van der Waals surface area (Å²) in [6.07, 6.45) is 6.65. The zero-order valence-corrected chi connectivity index (χ0v) is 11.8. The van der Waals surface area contributed by atoms with Crippen LogP contribution in [0.5, 0.6) is 5.88 Å². The Morgan fingerprint density at radius 3 is 2.65 bits per heavy atom. The zero-order valence-electron chi connectivity index (χ0n) is 11.8. The molecule has 0 aliphatic heterocycles. The van der Waals surface area contributed by atoms with E-state index in [9.17, 15) is 9.90 Å². The summed E-state index contributed by atoms with van der Waals surface area (Å²) in [5, 5.41) is 12.7. The van der Waals surface area contributed by atoms with Crippen molar-refractivity contribution in [3.05, 3.63) is 12.4 Å². The molecule has 0 unspecified atom stereocenters. The lowest BCUT2D eigenvalue weighted by Gasteiger charge is -2.29. The third kappa shape index (κ3) is 3.37. The van der Waals surface area contributed by atoms with E-state index in [0.29, 0.717) is 31.1 Å². The predicted octanol–water partition coefficient (Wildman–Crippen LogP) is 2.46. The molecule has 0 radical (unpaired) electrons. The minimum atomic E-state index is -0.922. The molecule has 1 fully saturated rings. The van der Waals surface area contributed by atoms with Crippen molar-refractivity contribution in [2.75, 3.05) is 11.9 Å². The Kier molecular flexibility index (Phi) is 4.76. The highest BCUT2D eigenvalue weighted by atomic mass is 16.5. The summed E-state index contributed by atoms with van der Waals surface area (Å²) in [5.74, 6) is 0.155. The maximum atomic E-state index is 11.7. The van der Waals surface area contributed by atoms with Gasteiger partial charge in [0.05, 0.1) is 6.61 Å². The van der Waals surface area contributed by atoms with Gasteiger partial charge in [0.1, 0.15) is 17.7 Å². The number of ether oxygens (including phenoxy) is 1. The van der Waals surface area contributed by atoms with Gasteiger partial charge in [-0.05, 0) is 19.8 Å². The van der Waals surface area contributed by atoms with Gasteiger partial charge in [-0.1, -0.05) is 25.7 Å². The van der Waals surface area contributed by atoms with Gasteiger partial charge in [-0.25, -0.2) is 14.8 Å². The first-order chi connectivity index (χ1) is 9.66. The molecule has 0 atom stereocenters. The van der Waals surface area contributed by atoms with Gasteiger partial charge in [0.15, 0.2) is 0 Å². The number of aromatic nitrogens is 2. The van der Waals surface area contributed by atoms with Crippen LogP contribution in [0.3, 0.4) is 0 Å². The fourth-order valence-corrected chi connectivity index (χ4v) is 2.60. The minimum absolute atomic E-state index is 0.458. The largest absolute Gasteiger partial charge is 0.480 e. The average Bonchev–Trinajstić information content (AvgIpc) is 2.66. The van der Waals surface area contributed by atoms with E-state index in [1.54, 1.807) is 6.07 Å². The Morgan fingerprint density at radius 1 is 1.35 bits per heavy atom. The highest BCUT2D eigenvalue weighted by Gasteiger charge is 2.38. The van der Waals surface area contributed by atoms with Crippen molar-refractivity contribution in [1.82, 2.24) is 9.97 Å². The van der Waals surface area contributed by atoms with Crippen LogP contribution in [0.15, 0.2) is 12.4 Å². The van der Waals surface area contributed by atoms with Crippen LogP contribution < -0.4 is 10.1 Å². The molecule has 1 saturated carbocycles. The first kappa shape index (κ1) is 14.6. The van der Waals surface area contributed by atoms with E-state index in [0.717, 1.165) is 25.7 Å². The van der Waals surface area contributed by atoms with E-state index in [-0.39, 0.29) is 0 Å². The fraction of sp³-hybridized carbons (Fsp3) is 0.643. The van der Waals surface area contributed by atoms with E-state index in [1.165, 1.54) is 6.33 Å². The second-order valence-electron chi connectivity index (χ2n) is 5.10. The van der Waals surface area contributed by atoms with Crippen LogP contribution in [-0.4, -0.2) is 33.2 Å². The summed E-state index contributed by atoms with van der Waals surface area (Å²) in [5.41, 5.74) is -0.922. The lowest BCUT2D eigenvalue weighted by atomic mass is 9.90. The van der Waals surface area contributed by atoms with Gasteiger partial charge < -0.3 is 15.2 Å². The van der Waals surface area contributed by atoms with Crippen LogP contribution in [0, 0.1) is 0 Å². The molecule has 1 heterocycles. The van der Waals surface area contributed by atoms with Gasteiger partial charge >= 0.3 is 5.97 Å². The number of hydrogen-bond donors (Lipinski definition) is 2. The van der Waals surface area contributed by atoms with Crippen molar-refractivity contribution < 1.29 is 14.6 Å². The van der Waals surface area contributed by atoms with Crippen molar-refractivity contribution >= 4 is 11.8 Å².